The van der Waals surface area contributed by atoms with Crippen molar-refractivity contribution in [3.8, 4) is 0 Å². The van der Waals surface area contributed by atoms with Crippen LogP contribution >= 0.6 is 0 Å². The Labute approximate surface area is 195 Å². The zero-order chi connectivity index (χ0) is 24.7. The van der Waals surface area contributed by atoms with E-state index in [2.05, 4.69) is 46.9 Å². The van der Waals surface area contributed by atoms with Gasteiger partial charge in [-0.25, -0.2) is 0 Å². The van der Waals surface area contributed by atoms with Gasteiger partial charge in [-0.15, -0.1) is 0 Å². The molecule has 0 heterocycles. The predicted molar refractivity (Wildman–Crippen MR) is 130 cm³/mol. The van der Waals surface area contributed by atoms with Crippen molar-refractivity contribution in [2.24, 2.45) is 17.8 Å². The third-order valence-corrected chi connectivity index (χ3v) is 11.8. The van der Waals surface area contributed by atoms with E-state index >= 15 is 0 Å². The topological polar surface area (TPSA) is 93.1 Å². The Morgan fingerprint density at radius 1 is 1.22 bits per heavy atom. The second-order valence-electron chi connectivity index (χ2n) is 10.9. The highest BCUT2D eigenvalue weighted by Gasteiger charge is 2.46. The number of aliphatic hydroxyl groups is 1. The van der Waals surface area contributed by atoms with Crippen molar-refractivity contribution in [1.29, 1.82) is 0 Å². The van der Waals surface area contributed by atoms with E-state index in [1.54, 1.807) is 0 Å². The molecule has 0 saturated carbocycles. The molecule has 0 aromatic heterocycles. The van der Waals surface area contributed by atoms with Crippen molar-refractivity contribution in [2.45, 2.75) is 117 Å². The SMILES string of the molecule is CC[C@H](O)CCC[C@H](OC(C)=O)[C@@H](C)[C@H](O[Si](C)(C)C(C)(C)C)[C@@H]1CC=C[C@@H]1CC(=O)O. The lowest BCUT2D eigenvalue weighted by molar-refractivity contribution is -0.152. The minimum Gasteiger partial charge on any atom is -0.481 e. The fraction of sp³-hybridized carbons (Fsp3) is 0.840. The van der Waals surface area contributed by atoms with Gasteiger partial charge in [-0.2, -0.15) is 0 Å². The first-order chi connectivity index (χ1) is 14.7. The van der Waals surface area contributed by atoms with Gasteiger partial charge in [-0.3, -0.25) is 9.59 Å². The number of ether oxygens (including phenoxy) is 1. The zero-order valence-corrected chi connectivity index (χ0v) is 22.4. The van der Waals surface area contributed by atoms with Gasteiger partial charge in [0.05, 0.1) is 18.6 Å². The lowest BCUT2D eigenvalue weighted by atomic mass is 9.79. The zero-order valence-electron chi connectivity index (χ0n) is 21.4. The summed E-state index contributed by atoms with van der Waals surface area (Å²) in [5.74, 6) is -1.28. The molecular weight excluding hydrogens is 424 g/mol. The number of aliphatic carboxylic acids is 1. The molecule has 6 nitrogen and oxygen atoms in total. The molecule has 1 aliphatic rings. The van der Waals surface area contributed by atoms with E-state index in [9.17, 15) is 19.8 Å². The summed E-state index contributed by atoms with van der Waals surface area (Å²) >= 11 is 0. The van der Waals surface area contributed by atoms with Gasteiger partial charge in [-0.05, 0) is 62.1 Å². The fourth-order valence-electron chi connectivity index (χ4n) is 4.24. The molecule has 6 atom stereocenters. The number of carbonyl (C=O) groups is 2. The van der Waals surface area contributed by atoms with Crippen LogP contribution in [-0.2, 0) is 18.8 Å². The summed E-state index contributed by atoms with van der Waals surface area (Å²) in [4.78, 5) is 23.4. The molecule has 186 valence electrons. The number of rotatable bonds is 13. The van der Waals surface area contributed by atoms with Crippen LogP contribution < -0.4 is 0 Å². The van der Waals surface area contributed by atoms with Gasteiger partial charge in [0.15, 0.2) is 8.32 Å². The van der Waals surface area contributed by atoms with Gasteiger partial charge in [-0.1, -0.05) is 46.8 Å². The molecule has 0 unspecified atom stereocenters. The molecule has 0 spiro atoms. The lowest BCUT2D eigenvalue weighted by Crippen LogP contribution is -2.50. The second kappa shape index (κ2) is 12.3. The number of carbonyl (C=O) groups excluding carboxylic acids is 1. The van der Waals surface area contributed by atoms with Crippen molar-refractivity contribution in [3.05, 3.63) is 12.2 Å². The third-order valence-electron chi connectivity index (χ3n) is 7.33. The highest BCUT2D eigenvalue weighted by atomic mass is 28.4. The highest BCUT2D eigenvalue weighted by molar-refractivity contribution is 6.74. The maximum atomic E-state index is 11.9. The number of hydrogen-bond acceptors (Lipinski definition) is 5. The lowest BCUT2D eigenvalue weighted by Gasteiger charge is -2.45. The fourth-order valence-corrected chi connectivity index (χ4v) is 5.66. The summed E-state index contributed by atoms with van der Waals surface area (Å²) in [5.41, 5.74) is 0. The van der Waals surface area contributed by atoms with Gasteiger partial charge in [0, 0.05) is 12.8 Å². The molecule has 1 aliphatic carbocycles. The summed E-state index contributed by atoms with van der Waals surface area (Å²) in [5, 5.41) is 19.4. The van der Waals surface area contributed by atoms with Gasteiger partial charge >= 0.3 is 11.9 Å². The van der Waals surface area contributed by atoms with E-state index in [-0.39, 0.29) is 53.5 Å². The number of allylic oxidation sites excluding steroid dienone is 2. The molecule has 0 bridgehead atoms. The number of carboxylic acid groups (broad SMARTS) is 1. The molecule has 0 saturated heterocycles. The molecule has 7 heteroatoms. The van der Waals surface area contributed by atoms with E-state index in [1.807, 2.05) is 13.0 Å². The third kappa shape index (κ3) is 8.63. The minimum atomic E-state index is -2.16. The summed E-state index contributed by atoms with van der Waals surface area (Å²) in [6.07, 6.45) is 6.79. The van der Waals surface area contributed by atoms with Crippen LogP contribution in [0.15, 0.2) is 12.2 Å². The molecule has 1 rings (SSSR count). The van der Waals surface area contributed by atoms with E-state index in [0.717, 1.165) is 12.8 Å². The van der Waals surface area contributed by atoms with E-state index in [1.165, 1.54) is 6.92 Å². The number of aliphatic hydroxyl groups excluding tert-OH is 1. The number of hydrogen-bond donors (Lipinski definition) is 2. The Balaban J connectivity index is 3.20. The van der Waals surface area contributed by atoms with Crippen LogP contribution in [0.5, 0.6) is 0 Å². The van der Waals surface area contributed by atoms with E-state index in [0.29, 0.717) is 19.3 Å². The second-order valence-corrected chi connectivity index (χ2v) is 15.7. The minimum absolute atomic E-state index is 0.00145. The maximum Gasteiger partial charge on any atom is 0.303 e. The average Bonchev–Trinajstić information content (AvgIpc) is 3.10. The largest absolute Gasteiger partial charge is 0.481 e. The first-order valence-corrected chi connectivity index (χ1v) is 15.0. The monoisotopic (exact) mass is 470 g/mol. The van der Waals surface area contributed by atoms with E-state index < -0.39 is 14.3 Å². The van der Waals surface area contributed by atoms with Crippen LogP contribution in [0.4, 0.5) is 0 Å². The molecule has 32 heavy (non-hydrogen) atoms. The van der Waals surface area contributed by atoms with Crippen LogP contribution in [0.25, 0.3) is 0 Å². The van der Waals surface area contributed by atoms with Crippen molar-refractivity contribution in [1.82, 2.24) is 0 Å². The summed E-state index contributed by atoms with van der Waals surface area (Å²) in [7, 11) is -2.16. The maximum absolute atomic E-state index is 11.9. The van der Waals surface area contributed by atoms with Gasteiger partial charge < -0.3 is 19.4 Å². The van der Waals surface area contributed by atoms with Crippen LogP contribution in [0, 0.1) is 17.8 Å². The standard InChI is InChI=1S/C25H46O6Si/c1-9-20(27)13-11-15-22(30-18(3)26)17(2)24(31-32(7,8)25(4,5)6)21-14-10-12-19(21)16-23(28)29/h10,12,17,19-22,24,27H,9,11,13-16H2,1-8H3,(H,28,29)/t17-,19-,20+,21-,22+,24+/m1/s1. The Bertz CT molecular complexity index is 639. The molecule has 0 aromatic carbocycles. The molecule has 0 fully saturated rings. The van der Waals surface area contributed by atoms with Crippen LogP contribution in [-0.4, -0.2) is 48.8 Å². The van der Waals surface area contributed by atoms with E-state index in [4.69, 9.17) is 9.16 Å². The normalized spacial score (nSPS) is 22.9. The predicted octanol–water partition coefficient (Wildman–Crippen LogP) is 5.55. The van der Waals surface area contributed by atoms with Crippen LogP contribution in [0.1, 0.15) is 80.1 Å². The van der Waals surface area contributed by atoms with Crippen molar-refractivity contribution in [3.63, 3.8) is 0 Å². The van der Waals surface area contributed by atoms with Gasteiger partial charge in [0.25, 0.3) is 0 Å². The molecular formula is C25H46O6Si. The smallest absolute Gasteiger partial charge is 0.303 e. The van der Waals surface area contributed by atoms with Gasteiger partial charge in [0.2, 0.25) is 0 Å². The Morgan fingerprint density at radius 3 is 2.34 bits per heavy atom. The van der Waals surface area contributed by atoms with Crippen molar-refractivity contribution >= 4 is 20.3 Å². The Kier molecular flexibility index (Phi) is 11.1. The van der Waals surface area contributed by atoms with Crippen molar-refractivity contribution < 1.29 is 29.0 Å². The first kappa shape index (κ1) is 28.8. The summed E-state index contributed by atoms with van der Waals surface area (Å²) < 4.78 is 12.7. The molecule has 2 N–H and O–H groups in total. The highest BCUT2D eigenvalue weighted by Crippen LogP contribution is 2.43. The molecule has 0 aromatic rings. The summed E-state index contributed by atoms with van der Waals surface area (Å²) in [6.45, 7) is 16.4. The van der Waals surface area contributed by atoms with Crippen LogP contribution in [0.3, 0.4) is 0 Å². The molecule has 0 radical (unpaired) electrons. The first-order valence-electron chi connectivity index (χ1n) is 12.1. The van der Waals surface area contributed by atoms with Gasteiger partial charge in [0.1, 0.15) is 6.10 Å². The molecule has 0 amide bonds. The molecule has 0 aliphatic heterocycles. The Hall–Kier alpha value is -1.18. The van der Waals surface area contributed by atoms with Crippen molar-refractivity contribution in [2.75, 3.05) is 0 Å². The number of esters is 1. The summed E-state index contributed by atoms with van der Waals surface area (Å²) in [6, 6.07) is 0. The number of carboxylic acids is 1. The quantitative estimate of drug-likeness (QED) is 0.208. The van der Waals surface area contributed by atoms with Crippen LogP contribution in [0.2, 0.25) is 18.1 Å². The average molecular weight is 471 g/mol. The Morgan fingerprint density at radius 2 is 1.84 bits per heavy atom.